The summed E-state index contributed by atoms with van der Waals surface area (Å²) in [5.74, 6) is 2.55. The Morgan fingerprint density at radius 2 is 2.15 bits per heavy atom. The Kier molecular flexibility index (Phi) is 5.60. The van der Waals surface area contributed by atoms with E-state index in [0.717, 1.165) is 46.9 Å². The van der Waals surface area contributed by atoms with E-state index in [1.165, 1.54) is 12.8 Å². The highest BCUT2D eigenvalue weighted by atomic mass is 127. The zero-order valence-electron chi connectivity index (χ0n) is 12.6. The van der Waals surface area contributed by atoms with Gasteiger partial charge in [0, 0.05) is 19.9 Å². The summed E-state index contributed by atoms with van der Waals surface area (Å²) in [6.45, 7) is 5.40. The number of halogens is 1. The molecule has 1 aliphatic carbocycles. The van der Waals surface area contributed by atoms with Crippen molar-refractivity contribution in [2.45, 2.75) is 51.6 Å². The van der Waals surface area contributed by atoms with Crippen molar-refractivity contribution in [3.05, 3.63) is 15.6 Å². The van der Waals surface area contributed by atoms with Crippen LogP contribution >= 0.6 is 22.6 Å². The van der Waals surface area contributed by atoms with Crippen LogP contribution in [0.3, 0.4) is 0 Å². The van der Waals surface area contributed by atoms with Gasteiger partial charge in [0.2, 0.25) is 0 Å². The monoisotopic (exact) mass is 389 g/mol. The number of methoxy groups -OCH3 is 1. The number of anilines is 1. The molecule has 112 valence electrons. The van der Waals surface area contributed by atoms with Gasteiger partial charge in [-0.1, -0.05) is 13.8 Å². The van der Waals surface area contributed by atoms with E-state index in [0.29, 0.717) is 0 Å². The number of aromatic nitrogens is 2. The van der Waals surface area contributed by atoms with Gasteiger partial charge in [-0.2, -0.15) is 0 Å². The lowest BCUT2D eigenvalue weighted by molar-refractivity contribution is -0.0596. The maximum atomic E-state index is 5.86. The second kappa shape index (κ2) is 7.02. The molecule has 1 saturated carbocycles. The van der Waals surface area contributed by atoms with Crippen molar-refractivity contribution < 1.29 is 4.74 Å². The number of nitrogens with one attached hydrogen (secondary N) is 1. The molecule has 1 aliphatic rings. The lowest BCUT2D eigenvalue weighted by atomic mass is 9.79. The third-order valence-corrected chi connectivity index (χ3v) is 4.96. The fraction of sp³-hybridized carbons (Fsp3) is 0.733. The van der Waals surface area contributed by atoms with Crippen LogP contribution in [0.25, 0.3) is 0 Å². The summed E-state index contributed by atoms with van der Waals surface area (Å²) < 4.78 is 6.92. The van der Waals surface area contributed by atoms with Crippen molar-refractivity contribution in [3.63, 3.8) is 0 Å². The molecule has 1 aromatic heterocycles. The summed E-state index contributed by atoms with van der Waals surface area (Å²) in [4.78, 5) is 9.30. The van der Waals surface area contributed by atoms with Crippen molar-refractivity contribution in [2.75, 3.05) is 19.0 Å². The van der Waals surface area contributed by atoms with Gasteiger partial charge in [-0.25, -0.2) is 9.97 Å². The van der Waals surface area contributed by atoms with Crippen molar-refractivity contribution in [3.8, 4) is 0 Å². The third-order valence-electron chi connectivity index (χ3n) is 4.17. The molecular weight excluding hydrogens is 365 g/mol. The van der Waals surface area contributed by atoms with Crippen molar-refractivity contribution in [2.24, 2.45) is 5.92 Å². The van der Waals surface area contributed by atoms with Gasteiger partial charge in [0.05, 0.1) is 3.57 Å². The molecule has 0 bridgehead atoms. The average molecular weight is 389 g/mol. The lowest BCUT2D eigenvalue weighted by Crippen LogP contribution is -2.35. The van der Waals surface area contributed by atoms with Crippen molar-refractivity contribution in [1.29, 1.82) is 0 Å². The molecule has 0 saturated heterocycles. The summed E-state index contributed by atoms with van der Waals surface area (Å²) in [5.41, 5.74) is -0.292. The molecule has 5 heteroatoms. The highest BCUT2D eigenvalue weighted by Gasteiger charge is 2.38. The minimum absolute atomic E-state index is 0.292. The van der Waals surface area contributed by atoms with E-state index < -0.39 is 0 Å². The van der Waals surface area contributed by atoms with Gasteiger partial charge < -0.3 is 10.1 Å². The standard InChI is InChI=1S/C15H24IN3O/c1-4-9-17-13-12(16)10-18-14(19-13)15(20-3)7-5-11(2)6-8-15/h10-11H,4-9H2,1-3H3,(H,17,18,19). The minimum atomic E-state index is -0.292. The summed E-state index contributed by atoms with van der Waals surface area (Å²) >= 11 is 2.28. The Labute approximate surface area is 135 Å². The number of rotatable bonds is 5. The van der Waals surface area contributed by atoms with E-state index in [2.05, 4.69) is 46.7 Å². The first-order valence-corrected chi connectivity index (χ1v) is 8.51. The number of ether oxygens (including phenoxy) is 1. The van der Waals surface area contributed by atoms with E-state index in [9.17, 15) is 0 Å². The quantitative estimate of drug-likeness (QED) is 0.775. The predicted octanol–water partition coefficient (Wildman–Crippen LogP) is 3.95. The molecule has 0 unspecified atom stereocenters. The van der Waals surface area contributed by atoms with Crippen LogP contribution in [0, 0.1) is 9.49 Å². The Balaban J connectivity index is 2.25. The Bertz CT molecular complexity index is 445. The van der Waals surface area contributed by atoms with Crippen LogP contribution in [0.5, 0.6) is 0 Å². The molecule has 1 aromatic rings. The Morgan fingerprint density at radius 1 is 1.45 bits per heavy atom. The number of hydrogen-bond donors (Lipinski definition) is 1. The first-order valence-electron chi connectivity index (χ1n) is 7.43. The largest absolute Gasteiger partial charge is 0.370 e. The summed E-state index contributed by atoms with van der Waals surface area (Å²) in [5, 5.41) is 3.38. The van der Waals surface area contributed by atoms with Crippen molar-refractivity contribution >= 4 is 28.4 Å². The molecule has 1 fully saturated rings. The second-order valence-corrected chi connectivity index (χ2v) is 6.86. The van der Waals surface area contributed by atoms with Gasteiger partial charge in [0.1, 0.15) is 11.4 Å². The Hall–Kier alpha value is -0.430. The van der Waals surface area contributed by atoms with Gasteiger partial charge in [-0.3, -0.25) is 0 Å². The van der Waals surface area contributed by atoms with Crippen LogP contribution in [0.15, 0.2) is 6.20 Å². The molecule has 1 heterocycles. The molecule has 2 rings (SSSR count). The van der Waals surface area contributed by atoms with Gasteiger partial charge in [0.15, 0.2) is 5.82 Å². The molecule has 0 aromatic carbocycles. The fourth-order valence-corrected chi connectivity index (χ4v) is 3.15. The average Bonchev–Trinajstić information content (AvgIpc) is 2.48. The van der Waals surface area contributed by atoms with E-state index in [1.54, 1.807) is 7.11 Å². The molecule has 0 radical (unpaired) electrons. The van der Waals surface area contributed by atoms with Crippen molar-refractivity contribution in [1.82, 2.24) is 9.97 Å². The summed E-state index contributed by atoms with van der Waals surface area (Å²) in [7, 11) is 1.79. The zero-order chi connectivity index (χ0) is 14.6. The second-order valence-electron chi connectivity index (χ2n) is 5.70. The first-order chi connectivity index (χ1) is 9.61. The van der Waals surface area contributed by atoms with Gasteiger partial charge in [0.25, 0.3) is 0 Å². The van der Waals surface area contributed by atoms with Crippen LogP contribution in [0.2, 0.25) is 0 Å². The lowest BCUT2D eigenvalue weighted by Gasteiger charge is -2.37. The Morgan fingerprint density at radius 3 is 2.75 bits per heavy atom. The highest BCUT2D eigenvalue weighted by molar-refractivity contribution is 14.1. The predicted molar refractivity (Wildman–Crippen MR) is 89.8 cm³/mol. The minimum Gasteiger partial charge on any atom is -0.370 e. The molecular formula is C15H24IN3O. The molecule has 20 heavy (non-hydrogen) atoms. The zero-order valence-corrected chi connectivity index (χ0v) is 14.7. The normalized spacial score (nSPS) is 26.5. The van der Waals surface area contributed by atoms with Gasteiger partial charge >= 0.3 is 0 Å². The van der Waals surface area contributed by atoms with Crippen LogP contribution in [-0.2, 0) is 10.3 Å². The van der Waals surface area contributed by atoms with E-state index >= 15 is 0 Å². The molecule has 0 atom stereocenters. The fourth-order valence-electron chi connectivity index (χ4n) is 2.70. The van der Waals surface area contributed by atoms with Crippen LogP contribution in [-0.4, -0.2) is 23.6 Å². The van der Waals surface area contributed by atoms with Gasteiger partial charge in [-0.15, -0.1) is 0 Å². The van der Waals surface area contributed by atoms with Crippen LogP contribution < -0.4 is 5.32 Å². The van der Waals surface area contributed by atoms with E-state index in [-0.39, 0.29) is 5.60 Å². The first kappa shape index (κ1) is 15.9. The smallest absolute Gasteiger partial charge is 0.162 e. The van der Waals surface area contributed by atoms with E-state index in [1.807, 2.05) is 6.20 Å². The summed E-state index contributed by atoms with van der Waals surface area (Å²) in [6.07, 6.45) is 7.38. The number of hydrogen-bond acceptors (Lipinski definition) is 4. The third kappa shape index (κ3) is 3.42. The maximum absolute atomic E-state index is 5.86. The van der Waals surface area contributed by atoms with Crippen LogP contribution in [0.4, 0.5) is 5.82 Å². The topological polar surface area (TPSA) is 47.0 Å². The van der Waals surface area contributed by atoms with Gasteiger partial charge in [-0.05, 0) is 60.6 Å². The summed E-state index contributed by atoms with van der Waals surface area (Å²) in [6, 6.07) is 0. The molecule has 0 amide bonds. The molecule has 0 spiro atoms. The van der Waals surface area contributed by atoms with E-state index in [4.69, 9.17) is 9.72 Å². The maximum Gasteiger partial charge on any atom is 0.162 e. The molecule has 0 aliphatic heterocycles. The number of nitrogens with zero attached hydrogens (tertiary/aromatic N) is 2. The SMILES string of the molecule is CCCNc1nc(C2(OC)CCC(C)CC2)ncc1I. The molecule has 1 N–H and O–H groups in total. The highest BCUT2D eigenvalue weighted by Crippen LogP contribution is 2.40. The molecule has 4 nitrogen and oxygen atoms in total. The van der Waals surface area contributed by atoms with Crippen LogP contribution in [0.1, 0.15) is 51.8 Å².